The van der Waals surface area contributed by atoms with Crippen molar-refractivity contribution in [2.24, 2.45) is 0 Å². The fourth-order valence-electron chi connectivity index (χ4n) is 13.9. The fraction of sp³-hybridized carbons (Fsp3) is 0.963. The molecule has 7 N–H and O–H groups in total. The number of hydrogen-bond donors (Lipinski definition) is 7. The Morgan fingerprint density at radius 1 is 0.388 bits per heavy atom. The van der Waals surface area contributed by atoms with Gasteiger partial charge in [0.15, 0.2) is 12.4 Å². The van der Waals surface area contributed by atoms with E-state index in [1.54, 1.807) is 0 Å². The number of carbonyl (C=O) groups excluding carboxylic acids is 3. The molecule has 9 atom stereocenters. The summed E-state index contributed by atoms with van der Waals surface area (Å²) in [4.78, 5) is 85.1. The zero-order valence-corrected chi connectivity index (χ0v) is 68.5. The van der Waals surface area contributed by atoms with Crippen LogP contribution in [0.3, 0.4) is 0 Å². The first kappa shape index (κ1) is 99.4. The number of phosphoric acid groups is 2. The normalized spacial score (nSPS) is 17.7. The molecule has 22 heteroatoms. The molecule has 0 aromatic rings. The number of carbonyl (C=O) groups is 3. The zero-order valence-electron chi connectivity index (χ0n) is 66.7. The zero-order chi connectivity index (χ0) is 75.5. The molecule has 103 heavy (non-hydrogen) atoms. The smallest absolute Gasteiger partial charge is 0.457 e. The SMILES string of the molecule is CCCCCCCCCCCC(CC(=O)N[C@H](CO[C@@H]1O[C@H](CO)[C@@H](OP(=O)(O)O)[C@H](OC(=O)C[C@@H](CCCCCCCCCCC)OCCCCCCCCCC)[C@H]1NC(=O)C[C@H](CCCCCCCCCCC)OCCCCCCCCCC)COP(=O)(O)O)OCCCCCCCCCC. The minimum atomic E-state index is -5.47. The van der Waals surface area contributed by atoms with Gasteiger partial charge in [0.2, 0.25) is 11.8 Å². The van der Waals surface area contributed by atoms with Gasteiger partial charge >= 0.3 is 21.6 Å². The molecule has 0 aliphatic carbocycles. The molecular weight excluding hydrogens is 1350 g/mol. The van der Waals surface area contributed by atoms with Gasteiger partial charge in [0.05, 0.1) is 63.4 Å². The maximum atomic E-state index is 14.9. The first-order chi connectivity index (χ1) is 49.9. The summed E-state index contributed by atoms with van der Waals surface area (Å²) in [6, 6.07) is -2.85. The quantitative estimate of drug-likeness (QED) is 0.0169. The highest BCUT2D eigenvalue weighted by molar-refractivity contribution is 7.46. The van der Waals surface area contributed by atoms with Crippen molar-refractivity contribution < 1.29 is 85.7 Å². The van der Waals surface area contributed by atoms with E-state index in [2.05, 4.69) is 52.2 Å². The number of amides is 2. The summed E-state index contributed by atoms with van der Waals surface area (Å²) >= 11 is 0. The standard InChI is InChI=1S/C81H160N2O18P2/c1-7-13-19-25-31-37-40-46-52-58-71(94-61-55-49-43-34-28-22-16-10-4)64-75(85)82-70(69-98-102(88,89)90)68-97-81-78(83-76(86)65-72(59-53-47-41-38-32-26-20-14-8-2)95-62-56-50-44-35-29-23-17-11-5)80(79(74(67-84)99-81)101-103(91,92)93)100-77(87)66-73(60-54-48-42-39-33-27-21-15-9-3)96-63-57-51-45-36-30-24-18-12-6/h70-74,78-81,84H,7-69H2,1-6H3,(H,82,85)(H,83,86)(H2,88,89,90)(H2,91,92,93)/t70-,71?,72+,73-,74-,78-,79-,80-,81-/m1/s1. The maximum absolute atomic E-state index is 14.9. The Kier molecular flexibility index (Phi) is 67.1. The van der Waals surface area contributed by atoms with Crippen molar-refractivity contribution in [3.05, 3.63) is 0 Å². The summed E-state index contributed by atoms with van der Waals surface area (Å²) in [5, 5.41) is 16.9. The van der Waals surface area contributed by atoms with Gasteiger partial charge in [0.25, 0.3) is 0 Å². The van der Waals surface area contributed by atoms with Crippen LogP contribution in [0, 0.1) is 0 Å². The van der Waals surface area contributed by atoms with Crippen LogP contribution >= 0.6 is 15.6 Å². The molecule has 0 aromatic heterocycles. The molecule has 1 aliphatic heterocycles. The molecule has 20 nitrogen and oxygen atoms in total. The summed E-state index contributed by atoms with van der Waals surface area (Å²) < 4.78 is 74.5. The lowest BCUT2D eigenvalue weighted by atomic mass is 9.95. The van der Waals surface area contributed by atoms with Crippen molar-refractivity contribution in [3.8, 4) is 0 Å². The van der Waals surface area contributed by atoms with Crippen LogP contribution in [-0.2, 0) is 61.0 Å². The lowest BCUT2D eigenvalue weighted by Gasteiger charge is -2.45. The summed E-state index contributed by atoms with van der Waals surface area (Å²) in [6.07, 6.45) is 49.6. The average molecular weight is 1510 g/mol. The van der Waals surface area contributed by atoms with Crippen LogP contribution < -0.4 is 10.6 Å². The third-order valence-electron chi connectivity index (χ3n) is 20.1. The van der Waals surface area contributed by atoms with Gasteiger partial charge in [-0.25, -0.2) is 9.13 Å². The van der Waals surface area contributed by atoms with E-state index in [9.17, 15) is 48.2 Å². The summed E-state index contributed by atoms with van der Waals surface area (Å²) in [6.45, 7) is 12.4. The van der Waals surface area contributed by atoms with Crippen molar-refractivity contribution in [1.29, 1.82) is 0 Å². The van der Waals surface area contributed by atoms with E-state index < -0.39 is 108 Å². The molecule has 0 aromatic carbocycles. The van der Waals surface area contributed by atoms with Crippen LogP contribution in [0.5, 0.6) is 0 Å². The molecule has 612 valence electrons. The second kappa shape index (κ2) is 69.6. The highest BCUT2D eigenvalue weighted by Crippen LogP contribution is 2.43. The molecule has 1 rings (SSSR count). The average Bonchev–Trinajstić information content (AvgIpc) is 0.781. The summed E-state index contributed by atoms with van der Waals surface area (Å²) in [7, 11) is -10.6. The van der Waals surface area contributed by atoms with Crippen molar-refractivity contribution in [3.63, 3.8) is 0 Å². The van der Waals surface area contributed by atoms with E-state index in [1.165, 1.54) is 180 Å². The number of hydrogen-bond acceptors (Lipinski definition) is 14. The second-order valence-corrected chi connectivity index (χ2v) is 32.5. The number of aliphatic hydroxyl groups is 1. The molecule has 1 saturated heterocycles. The monoisotopic (exact) mass is 1510 g/mol. The maximum Gasteiger partial charge on any atom is 0.470 e. The number of aliphatic hydroxyl groups excluding tert-OH is 1. The molecule has 0 radical (unpaired) electrons. The number of unbranched alkanes of at least 4 members (excludes halogenated alkanes) is 45. The number of rotatable bonds is 78. The predicted octanol–water partition coefficient (Wildman–Crippen LogP) is 20.7. The van der Waals surface area contributed by atoms with E-state index in [0.29, 0.717) is 39.1 Å². The lowest BCUT2D eigenvalue weighted by Crippen LogP contribution is -2.66. The van der Waals surface area contributed by atoms with Gasteiger partial charge < -0.3 is 63.7 Å². The Hall–Kier alpha value is -1.61. The molecule has 1 heterocycles. The topological polar surface area (TPSA) is 284 Å². The second-order valence-electron chi connectivity index (χ2n) is 30.1. The largest absolute Gasteiger partial charge is 0.470 e. The van der Waals surface area contributed by atoms with Crippen LogP contribution in [0.4, 0.5) is 0 Å². The van der Waals surface area contributed by atoms with Gasteiger partial charge in [0.1, 0.15) is 18.2 Å². The number of esters is 1. The van der Waals surface area contributed by atoms with Gasteiger partial charge in [-0.05, 0) is 38.5 Å². The third kappa shape index (κ3) is 60.8. The molecule has 1 aliphatic rings. The first-order valence-electron chi connectivity index (χ1n) is 42.9. The molecule has 2 amide bonds. The number of nitrogens with one attached hydrogen (secondary N) is 2. The summed E-state index contributed by atoms with van der Waals surface area (Å²) in [5.41, 5.74) is 0. The van der Waals surface area contributed by atoms with E-state index in [4.69, 9.17) is 37.5 Å². The molecular formula is C81H160N2O18P2. The van der Waals surface area contributed by atoms with Gasteiger partial charge in [-0.2, -0.15) is 0 Å². The predicted molar refractivity (Wildman–Crippen MR) is 417 cm³/mol. The minimum absolute atomic E-state index is 0.0602. The van der Waals surface area contributed by atoms with E-state index in [0.717, 1.165) is 148 Å². The van der Waals surface area contributed by atoms with Gasteiger partial charge in [-0.1, -0.05) is 350 Å². The Balaban J connectivity index is 3.85. The van der Waals surface area contributed by atoms with Crippen LogP contribution in [0.15, 0.2) is 0 Å². The van der Waals surface area contributed by atoms with E-state index >= 15 is 0 Å². The molecule has 1 unspecified atom stereocenters. The van der Waals surface area contributed by atoms with E-state index in [1.807, 2.05) is 0 Å². The summed E-state index contributed by atoms with van der Waals surface area (Å²) in [5.74, 6) is -1.87. The van der Waals surface area contributed by atoms with Gasteiger partial charge in [0, 0.05) is 19.8 Å². The molecule has 0 saturated carbocycles. The first-order valence-corrected chi connectivity index (χ1v) is 45.9. The van der Waals surface area contributed by atoms with E-state index in [-0.39, 0.29) is 19.3 Å². The number of ether oxygens (including phenoxy) is 6. The Morgan fingerprint density at radius 2 is 0.699 bits per heavy atom. The van der Waals surface area contributed by atoms with Crippen molar-refractivity contribution in [1.82, 2.24) is 10.6 Å². The van der Waals surface area contributed by atoms with Crippen LogP contribution in [0.2, 0.25) is 0 Å². The lowest BCUT2D eigenvalue weighted by molar-refractivity contribution is -0.272. The van der Waals surface area contributed by atoms with Crippen molar-refractivity contribution in [2.75, 3.05) is 39.6 Å². The Bertz CT molecular complexity index is 1960. The van der Waals surface area contributed by atoms with Crippen LogP contribution in [0.25, 0.3) is 0 Å². The minimum Gasteiger partial charge on any atom is -0.457 e. The molecule has 1 fully saturated rings. The highest BCUT2D eigenvalue weighted by atomic mass is 31.2. The van der Waals surface area contributed by atoms with Gasteiger partial charge in [-0.15, -0.1) is 0 Å². The third-order valence-corrected chi connectivity index (χ3v) is 21.1. The fourth-order valence-corrected chi connectivity index (χ4v) is 14.8. The Morgan fingerprint density at radius 3 is 1.02 bits per heavy atom. The number of phosphoric ester groups is 2. The van der Waals surface area contributed by atoms with Crippen LogP contribution in [0.1, 0.15) is 408 Å². The van der Waals surface area contributed by atoms with Gasteiger partial charge in [-0.3, -0.25) is 23.4 Å². The van der Waals surface area contributed by atoms with Crippen LogP contribution in [-0.4, -0.2) is 137 Å². The van der Waals surface area contributed by atoms with Crippen molar-refractivity contribution >= 4 is 33.4 Å². The molecule has 0 spiro atoms. The Labute approximate surface area is 628 Å². The molecule has 0 bridgehead atoms. The van der Waals surface area contributed by atoms with Crippen molar-refractivity contribution in [2.45, 2.75) is 463 Å². The highest BCUT2D eigenvalue weighted by Gasteiger charge is 2.52.